The quantitative estimate of drug-likeness (QED) is 0.591. The molecule has 0 spiro atoms. The van der Waals surface area contributed by atoms with Gasteiger partial charge in [0.1, 0.15) is 11.9 Å². The number of imidazole rings is 1. The van der Waals surface area contributed by atoms with Gasteiger partial charge in [-0.1, -0.05) is 23.7 Å². The molecule has 3 atom stereocenters. The first-order chi connectivity index (χ1) is 13.5. The second-order valence-corrected chi connectivity index (χ2v) is 7.67. The zero-order valence-corrected chi connectivity index (χ0v) is 16.2. The molecule has 6 nitrogen and oxygen atoms in total. The number of fused-ring (bicyclic) bond motifs is 1. The van der Waals surface area contributed by atoms with Gasteiger partial charge in [-0.05, 0) is 55.7 Å². The minimum atomic E-state index is -0.619. The average Bonchev–Trinajstić information content (AvgIpc) is 3.29. The molecule has 28 heavy (non-hydrogen) atoms. The maximum Gasteiger partial charge on any atom is 0.246 e. The van der Waals surface area contributed by atoms with E-state index >= 15 is 0 Å². The van der Waals surface area contributed by atoms with E-state index < -0.39 is 6.04 Å². The Morgan fingerprint density at radius 2 is 1.96 bits per heavy atom. The van der Waals surface area contributed by atoms with Crippen molar-refractivity contribution in [2.75, 3.05) is 5.32 Å². The van der Waals surface area contributed by atoms with Crippen molar-refractivity contribution in [3.05, 3.63) is 59.4 Å². The summed E-state index contributed by atoms with van der Waals surface area (Å²) in [6.07, 6.45) is 1.32. The van der Waals surface area contributed by atoms with Crippen LogP contribution in [0.5, 0.6) is 0 Å². The Morgan fingerprint density at radius 3 is 2.71 bits per heavy atom. The molecule has 3 N–H and O–H groups in total. The van der Waals surface area contributed by atoms with Gasteiger partial charge in [-0.2, -0.15) is 0 Å². The first kappa shape index (κ1) is 18.5. The molecule has 144 valence electrons. The predicted molar refractivity (Wildman–Crippen MR) is 109 cm³/mol. The van der Waals surface area contributed by atoms with Crippen molar-refractivity contribution in [3.8, 4) is 0 Å². The Labute approximate surface area is 167 Å². The highest BCUT2D eigenvalue weighted by Gasteiger charge is 2.42. The molecule has 0 aliphatic heterocycles. The highest BCUT2D eigenvalue weighted by Crippen LogP contribution is 2.48. The van der Waals surface area contributed by atoms with E-state index in [1.165, 1.54) is 0 Å². The molecule has 0 bridgehead atoms. The lowest BCUT2D eigenvalue weighted by Crippen LogP contribution is -2.41. The molecular weight excluding hydrogens is 376 g/mol. The van der Waals surface area contributed by atoms with E-state index in [9.17, 15) is 9.59 Å². The molecule has 0 radical (unpaired) electrons. The van der Waals surface area contributed by atoms with Gasteiger partial charge in [-0.15, -0.1) is 0 Å². The SMILES string of the molecule is C[C@@H](NC(=O)C[C@@H]1C[C@@H]1c1nc2ccccc2[nH]1)C(=O)Nc1ccc(Cl)cc1. The van der Waals surface area contributed by atoms with Crippen LogP contribution in [0, 0.1) is 5.92 Å². The van der Waals surface area contributed by atoms with Gasteiger partial charge >= 0.3 is 0 Å². The molecule has 1 aromatic heterocycles. The standard InChI is InChI=1S/C21H21ClN4O2/c1-12(21(28)24-15-8-6-14(22)7-9-15)23-19(27)11-13-10-16(13)20-25-17-4-2-3-5-18(17)26-20/h2-9,12-13,16H,10-11H2,1H3,(H,23,27)(H,24,28)(H,25,26)/t12-,13+,16+/m1/s1. The molecular formula is C21H21ClN4O2. The second-order valence-electron chi connectivity index (χ2n) is 7.23. The van der Waals surface area contributed by atoms with E-state index in [4.69, 9.17) is 11.6 Å². The molecule has 1 saturated carbocycles. The van der Waals surface area contributed by atoms with Crippen LogP contribution in [0.3, 0.4) is 0 Å². The van der Waals surface area contributed by atoms with Gasteiger partial charge in [0.05, 0.1) is 11.0 Å². The lowest BCUT2D eigenvalue weighted by Gasteiger charge is -2.14. The lowest BCUT2D eigenvalue weighted by molar-refractivity contribution is -0.126. The molecule has 1 aliphatic rings. The first-order valence-electron chi connectivity index (χ1n) is 9.30. The number of aromatic nitrogens is 2. The van der Waals surface area contributed by atoms with Crippen LogP contribution >= 0.6 is 11.6 Å². The summed E-state index contributed by atoms with van der Waals surface area (Å²) >= 11 is 5.84. The minimum Gasteiger partial charge on any atom is -0.345 e. The molecule has 3 aromatic rings. The van der Waals surface area contributed by atoms with E-state index in [1.54, 1.807) is 31.2 Å². The number of carbonyl (C=O) groups excluding carboxylic acids is 2. The number of amides is 2. The normalized spacial score (nSPS) is 19.2. The Balaban J connectivity index is 1.27. The number of H-pyrrole nitrogens is 1. The molecule has 7 heteroatoms. The number of nitrogens with one attached hydrogen (secondary N) is 3. The van der Waals surface area contributed by atoms with Gasteiger partial charge < -0.3 is 15.6 Å². The van der Waals surface area contributed by atoms with Crippen LogP contribution in [0.2, 0.25) is 5.02 Å². The predicted octanol–water partition coefficient (Wildman–Crippen LogP) is 3.85. The molecule has 1 heterocycles. The molecule has 2 amide bonds. The molecule has 2 aromatic carbocycles. The number of carbonyl (C=O) groups is 2. The number of nitrogens with zero attached hydrogens (tertiary/aromatic N) is 1. The van der Waals surface area contributed by atoms with Crippen molar-refractivity contribution in [1.82, 2.24) is 15.3 Å². The van der Waals surface area contributed by atoms with Crippen LogP contribution in [-0.2, 0) is 9.59 Å². The third-order valence-corrected chi connectivity index (χ3v) is 5.26. The number of halogens is 1. The fraction of sp³-hybridized carbons (Fsp3) is 0.286. The van der Waals surface area contributed by atoms with Crippen LogP contribution in [0.25, 0.3) is 11.0 Å². The van der Waals surface area contributed by atoms with Gasteiger partial charge in [0.25, 0.3) is 0 Å². The van der Waals surface area contributed by atoms with E-state index in [-0.39, 0.29) is 23.7 Å². The van der Waals surface area contributed by atoms with E-state index in [1.807, 2.05) is 24.3 Å². The smallest absolute Gasteiger partial charge is 0.246 e. The third kappa shape index (κ3) is 4.17. The molecule has 1 aliphatic carbocycles. The summed E-state index contributed by atoms with van der Waals surface area (Å²) in [7, 11) is 0. The fourth-order valence-electron chi connectivity index (χ4n) is 3.34. The summed E-state index contributed by atoms with van der Waals surface area (Å²) in [4.78, 5) is 32.5. The van der Waals surface area contributed by atoms with Crippen molar-refractivity contribution in [2.24, 2.45) is 5.92 Å². The molecule has 0 saturated heterocycles. The highest BCUT2D eigenvalue weighted by atomic mass is 35.5. The molecule has 0 unspecified atom stereocenters. The summed E-state index contributed by atoms with van der Waals surface area (Å²) in [6, 6.07) is 14.1. The summed E-state index contributed by atoms with van der Waals surface area (Å²) in [6.45, 7) is 1.67. The maximum absolute atomic E-state index is 12.3. The van der Waals surface area contributed by atoms with Crippen LogP contribution in [0.15, 0.2) is 48.5 Å². The average molecular weight is 397 g/mol. The fourth-order valence-corrected chi connectivity index (χ4v) is 3.47. The van der Waals surface area contributed by atoms with Gasteiger partial charge in [-0.3, -0.25) is 9.59 Å². The number of benzene rings is 2. The maximum atomic E-state index is 12.3. The highest BCUT2D eigenvalue weighted by molar-refractivity contribution is 6.30. The third-order valence-electron chi connectivity index (χ3n) is 5.01. The summed E-state index contributed by atoms with van der Waals surface area (Å²) < 4.78 is 0. The van der Waals surface area contributed by atoms with Crippen LogP contribution in [0.4, 0.5) is 5.69 Å². The Hall–Kier alpha value is -2.86. The summed E-state index contributed by atoms with van der Waals surface area (Å²) in [5, 5.41) is 6.14. The Bertz CT molecular complexity index is 982. The Morgan fingerprint density at radius 1 is 1.21 bits per heavy atom. The van der Waals surface area contributed by atoms with Crippen molar-refractivity contribution < 1.29 is 9.59 Å². The topological polar surface area (TPSA) is 86.9 Å². The zero-order chi connectivity index (χ0) is 19.7. The largest absolute Gasteiger partial charge is 0.345 e. The lowest BCUT2D eigenvalue weighted by atomic mass is 10.2. The number of aromatic amines is 1. The van der Waals surface area contributed by atoms with Crippen LogP contribution in [-0.4, -0.2) is 27.8 Å². The number of hydrogen-bond acceptors (Lipinski definition) is 3. The van der Waals surface area contributed by atoms with E-state index in [0.717, 1.165) is 23.3 Å². The van der Waals surface area contributed by atoms with Gasteiger partial charge in [-0.25, -0.2) is 4.98 Å². The van der Waals surface area contributed by atoms with Gasteiger partial charge in [0.2, 0.25) is 11.8 Å². The monoisotopic (exact) mass is 396 g/mol. The Kier molecular flexibility index (Phi) is 5.05. The second kappa shape index (κ2) is 7.64. The van der Waals surface area contributed by atoms with Gasteiger partial charge in [0.15, 0.2) is 0 Å². The van der Waals surface area contributed by atoms with E-state index in [0.29, 0.717) is 17.1 Å². The number of anilines is 1. The van der Waals surface area contributed by atoms with Crippen molar-refractivity contribution in [1.29, 1.82) is 0 Å². The zero-order valence-electron chi connectivity index (χ0n) is 15.4. The minimum absolute atomic E-state index is 0.123. The van der Waals surface area contributed by atoms with Crippen LogP contribution in [0.1, 0.15) is 31.5 Å². The van der Waals surface area contributed by atoms with Crippen LogP contribution < -0.4 is 10.6 Å². The first-order valence-corrected chi connectivity index (χ1v) is 9.68. The van der Waals surface area contributed by atoms with E-state index in [2.05, 4.69) is 20.6 Å². The number of rotatable bonds is 6. The summed E-state index contributed by atoms with van der Waals surface area (Å²) in [5.74, 6) is 1.08. The van der Waals surface area contributed by atoms with Crippen molar-refractivity contribution >= 4 is 40.1 Å². The van der Waals surface area contributed by atoms with Gasteiger partial charge in [0, 0.05) is 23.0 Å². The van der Waals surface area contributed by atoms with Crippen molar-refractivity contribution in [3.63, 3.8) is 0 Å². The number of para-hydroxylation sites is 2. The number of hydrogen-bond donors (Lipinski definition) is 3. The molecule has 4 rings (SSSR count). The van der Waals surface area contributed by atoms with Crippen molar-refractivity contribution in [2.45, 2.75) is 31.7 Å². The summed E-state index contributed by atoms with van der Waals surface area (Å²) in [5.41, 5.74) is 2.60. The molecule has 1 fully saturated rings.